The van der Waals surface area contributed by atoms with Gasteiger partial charge in [0.05, 0.1) is 25.4 Å². The van der Waals surface area contributed by atoms with E-state index in [0.717, 1.165) is 70.6 Å². The number of carbonyl (C=O) groups excluding carboxylic acids is 2. The summed E-state index contributed by atoms with van der Waals surface area (Å²) in [5, 5.41) is 23.0. The number of carbonyl (C=O) groups is 2. The third-order valence-corrected chi connectivity index (χ3v) is 11.8. The summed E-state index contributed by atoms with van der Waals surface area (Å²) in [6.45, 7) is 4.83. The van der Waals surface area contributed by atoms with Crippen LogP contribution in [0.3, 0.4) is 0 Å². The minimum atomic E-state index is -0.852. The second-order valence-electron chi connectivity index (χ2n) is 17.8. The van der Waals surface area contributed by atoms with Crippen molar-refractivity contribution in [2.75, 3.05) is 13.2 Å². The fraction of sp³-hybridized carbons (Fsp3) is 0.818. The Kier molecular flexibility index (Phi) is 48.7. The van der Waals surface area contributed by atoms with E-state index in [0.29, 0.717) is 19.4 Å². The molecule has 356 valence electrons. The summed E-state index contributed by atoms with van der Waals surface area (Å²) in [6.07, 6.45) is 62.6. The quantitative estimate of drug-likeness (QED) is 0.0322. The normalized spacial score (nSPS) is 13.0. The van der Waals surface area contributed by atoms with Crippen molar-refractivity contribution in [1.82, 2.24) is 5.32 Å². The molecule has 0 heterocycles. The molecule has 0 aromatic rings. The molecule has 0 aliphatic heterocycles. The second-order valence-corrected chi connectivity index (χ2v) is 17.8. The molecule has 0 saturated heterocycles. The number of hydrogen-bond donors (Lipinski definition) is 3. The van der Waals surface area contributed by atoms with Gasteiger partial charge in [-0.25, -0.2) is 0 Å². The summed E-state index contributed by atoms with van der Waals surface area (Å²) in [6, 6.07) is -0.637. The van der Waals surface area contributed by atoms with E-state index < -0.39 is 12.1 Å². The van der Waals surface area contributed by atoms with Gasteiger partial charge in [0.15, 0.2) is 0 Å². The van der Waals surface area contributed by atoms with Crippen LogP contribution in [-0.4, -0.2) is 47.4 Å². The highest BCUT2D eigenvalue weighted by Crippen LogP contribution is 2.14. The molecule has 61 heavy (non-hydrogen) atoms. The topological polar surface area (TPSA) is 95.9 Å². The zero-order chi connectivity index (χ0) is 44.4. The number of amides is 1. The third-order valence-electron chi connectivity index (χ3n) is 11.8. The highest BCUT2D eigenvalue weighted by molar-refractivity contribution is 5.76. The van der Waals surface area contributed by atoms with Crippen LogP contribution in [-0.2, 0) is 14.3 Å². The molecular weight excluding hydrogens is 755 g/mol. The molecule has 6 nitrogen and oxygen atoms in total. The van der Waals surface area contributed by atoms with E-state index in [2.05, 4.69) is 55.6 Å². The van der Waals surface area contributed by atoms with E-state index in [9.17, 15) is 19.8 Å². The Labute approximate surface area is 378 Å². The molecule has 0 aromatic heterocycles. The minimum absolute atomic E-state index is 0.0129. The number of hydrogen-bond acceptors (Lipinski definition) is 5. The Morgan fingerprint density at radius 3 is 1.30 bits per heavy atom. The SMILES string of the molecule is CCCCC/C=C\C/C=C\CCCCCCCC(=O)OCCCCCCCCCCC/C=C\CCCCCCCC(=O)NC(CO)C(O)/C=C/CCCCCCCCCCC. The number of ether oxygens (including phenoxy) is 1. The summed E-state index contributed by atoms with van der Waals surface area (Å²) >= 11 is 0. The number of rotatable bonds is 48. The molecule has 3 N–H and O–H groups in total. The van der Waals surface area contributed by atoms with Gasteiger partial charge >= 0.3 is 5.97 Å². The van der Waals surface area contributed by atoms with E-state index in [1.807, 2.05) is 6.08 Å². The van der Waals surface area contributed by atoms with Crippen LogP contribution in [0.5, 0.6) is 0 Å². The van der Waals surface area contributed by atoms with Crippen LogP contribution in [0.1, 0.15) is 264 Å². The van der Waals surface area contributed by atoms with Gasteiger partial charge in [0.25, 0.3) is 0 Å². The van der Waals surface area contributed by atoms with Crippen molar-refractivity contribution in [3.05, 3.63) is 48.6 Å². The lowest BCUT2D eigenvalue weighted by atomic mass is 10.1. The minimum Gasteiger partial charge on any atom is -0.466 e. The van der Waals surface area contributed by atoms with Gasteiger partial charge in [-0.15, -0.1) is 0 Å². The lowest BCUT2D eigenvalue weighted by Crippen LogP contribution is -2.45. The van der Waals surface area contributed by atoms with Gasteiger partial charge in [0.2, 0.25) is 5.91 Å². The van der Waals surface area contributed by atoms with E-state index in [1.54, 1.807) is 6.08 Å². The Hall–Kier alpha value is -2.18. The van der Waals surface area contributed by atoms with Crippen molar-refractivity contribution in [1.29, 1.82) is 0 Å². The van der Waals surface area contributed by atoms with Gasteiger partial charge in [0.1, 0.15) is 0 Å². The maximum absolute atomic E-state index is 12.4. The predicted octanol–water partition coefficient (Wildman–Crippen LogP) is 15.8. The first kappa shape index (κ1) is 58.8. The number of aliphatic hydroxyl groups is 2. The Morgan fingerprint density at radius 1 is 0.459 bits per heavy atom. The summed E-state index contributed by atoms with van der Waals surface area (Å²) in [7, 11) is 0. The molecule has 0 radical (unpaired) electrons. The number of esters is 1. The zero-order valence-corrected chi connectivity index (χ0v) is 40.4. The van der Waals surface area contributed by atoms with Crippen molar-refractivity contribution in [3.8, 4) is 0 Å². The smallest absolute Gasteiger partial charge is 0.305 e. The molecule has 6 heteroatoms. The van der Waals surface area contributed by atoms with Gasteiger partial charge in [-0.1, -0.05) is 210 Å². The van der Waals surface area contributed by atoms with Gasteiger partial charge in [-0.3, -0.25) is 9.59 Å². The molecule has 2 unspecified atom stereocenters. The van der Waals surface area contributed by atoms with E-state index in [-0.39, 0.29) is 18.5 Å². The Balaban J connectivity index is 3.48. The third kappa shape index (κ3) is 47.1. The lowest BCUT2D eigenvalue weighted by molar-refractivity contribution is -0.143. The van der Waals surface area contributed by atoms with Gasteiger partial charge in [-0.05, 0) is 89.9 Å². The fourth-order valence-corrected chi connectivity index (χ4v) is 7.71. The van der Waals surface area contributed by atoms with Crippen LogP contribution in [0.4, 0.5) is 0 Å². The van der Waals surface area contributed by atoms with Crippen LogP contribution in [0.15, 0.2) is 48.6 Å². The molecule has 0 saturated carbocycles. The van der Waals surface area contributed by atoms with Crippen LogP contribution in [0.25, 0.3) is 0 Å². The predicted molar refractivity (Wildman–Crippen MR) is 264 cm³/mol. The molecule has 1 amide bonds. The van der Waals surface area contributed by atoms with E-state index >= 15 is 0 Å². The molecule has 0 rings (SSSR count). The van der Waals surface area contributed by atoms with E-state index in [4.69, 9.17) is 4.74 Å². The average molecular weight is 856 g/mol. The summed E-state index contributed by atoms with van der Waals surface area (Å²) in [5.74, 6) is -0.0982. The molecular formula is C55H101NO5. The highest BCUT2D eigenvalue weighted by Gasteiger charge is 2.18. The summed E-state index contributed by atoms with van der Waals surface area (Å²) in [5.41, 5.74) is 0. The van der Waals surface area contributed by atoms with Gasteiger partial charge in [0, 0.05) is 12.8 Å². The van der Waals surface area contributed by atoms with Crippen LogP contribution < -0.4 is 5.32 Å². The maximum atomic E-state index is 12.4. The maximum Gasteiger partial charge on any atom is 0.305 e. The Morgan fingerprint density at radius 2 is 0.820 bits per heavy atom. The first-order chi connectivity index (χ1) is 30.0. The van der Waals surface area contributed by atoms with Crippen molar-refractivity contribution >= 4 is 11.9 Å². The summed E-state index contributed by atoms with van der Waals surface area (Å²) in [4.78, 5) is 24.4. The van der Waals surface area contributed by atoms with Gasteiger partial charge < -0.3 is 20.3 Å². The molecule has 0 spiro atoms. The van der Waals surface area contributed by atoms with Crippen LogP contribution in [0.2, 0.25) is 0 Å². The monoisotopic (exact) mass is 856 g/mol. The number of aliphatic hydroxyl groups excluding tert-OH is 2. The lowest BCUT2D eigenvalue weighted by Gasteiger charge is -2.20. The van der Waals surface area contributed by atoms with Crippen molar-refractivity contribution in [2.24, 2.45) is 0 Å². The van der Waals surface area contributed by atoms with Crippen LogP contribution >= 0.6 is 0 Å². The number of allylic oxidation sites excluding steroid dienone is 7. The largest absolute Gasteiger partial charge is 0.466 e. The standard InChI is InChI=1S/C55H101NO5/c1-3-5-7-9-11-13-15-16-21-25-29-33-37-41-45-49-55(60)61-50-46-42-38-34-30-26-23-20-18-17-19-22-24-28-32-36-40-44-48-54(59)56-52(51-57)53(58)47-43-39-35-31-27-14-12-10-8-6-4-2/h11,13,16,19,21-22,43,47,52-53,57-58H,3-10,12,14-15,17-18,20,23-42,44-46,48-51H2,1-2H3,(H,56,59)/b13-11-,21-16-,22-19-,47-43+. The molecule has 2 atom stereocenters. The summed E-state index contributed by atoms with van der Waals surface area (Å²) < 4.78 is 5.46. The molecule has 0 bridgehead atoms. The molecule has 0 aliphatic carbocycles. The Bertz CT molecular complexity index is 1040. The van der Waals surface area contributed by atoms with Crippen molar-refractivity contribution < 1.29 is 24.5 Å². The highest BCUT2D eigenvalue weighted by atomic mass is 16.5. The number of unbranched alkanes of at least 4 members (excludes halogenated alkanes) is 31. The van der Waals surface area contributed by atoms with E-state index in [1.165, 1.54) is 167 Å². The molecule has 0 aromatic carbocycles. The van der Waals surface area contributed by atoms with Crippen molar-refractivity contribution in [2.45, 2.75) is 276 Å². The fourth-order valence-electron chi connectivity index (χ4n) is 7.71. The van der Waals surface area contributed by atoms with Gasteiger partial charge in [-0.2, -0.15) is 0 Å². The number of nitrogens with one attached hydrogen (secondary N) is 1. The molecule has 0 fully saturated rings. The molecule has 0 aliphatic rings. The average Bonchev–Trinajstić information content (AvgIpc) is 3.26. The zero-order valence-electron chi connectivity index (χ0n) is 40.4. The first-order valence-corrected chi connectivity index (χ1v) is 26.4. The van der Waals surface area contributed by atoms with Crippen LogP contribution in [0, 0.1) is 0 Å². The van der Waals surface area contributed by atoms with Crippen molar-refractivity contribution in [3.63, 3.8) is 0 Å². The second kappa shape index (κ2) is 50.5. The first-order valence-electron chi connectivity index (χ1n) is 26.4.